The normalized spacial score (nSPS) is 10.2. The lowest BCUT2D eigenvalue weighted by atomic mass is 10.1. The minimum atomic E-state index is -1.08. The predicted molar refractivity (Wildman–Crippen MR) is 106 cm³/mol. The molecule has 10 heteroatoms. The van der Waals surface area contributed by atoms with Gasteiger partial charge in [-0.2, -0.15) is 0 Å². The van der Waals surface area contributed by atoms with Crippen LogP contribution in [0.15, 0.2) is 12.1 Å². The van der Waals surface area contributed by atoms with Crippen LogP contribution in [0.1, 0.15) is 42.6 Å². The molecule has 0 saturated heterocycles. The van der Waals surface area contributed by atoms with E-state index in [1.54, 1.807) is 0 Å². The molecule has 1 amide bonds. The molecule has 0 fully saturated rings. The van der Waals surface area contributed by atoms with Crippen LogP contribution in [0.5, 0.6) is 0 Å². The summed E-state index contributed by atoms with van der Waals surface area (Å²) in [4.78, 5) is 33.6. The number of halogens is 1. The lowest BCUT2D eigenvalue weighted by Crippen LogP contribution is -2.35. The molecule has 0 aliphatic heterocycles. The predicted octanol–water partition coefficient (Wildman–Crippen LogP) is 1.42. The Morgan fingerprint density at radius 2 is 1.64 bits per heavy atom. The topological polar surface area (TPSA) is 153 Å². The van der Waals surface area contributed by atoms with Crippen molar-refractivity contribution in [1.29, 1.82) is 0 Å². The first-order chi connectivity index (χ1) is 13.2. The zero-order valence-corrected chi connectivity index (χ0v) is 16.8. The molecule has 0 saturated carbocycles. The average molecular weight is 418 g/mol. The van der Waals surface area contributed by atoms with Gasteiger partial charge in [-0.1, -0.05) is 25.4 Å². The Kier molecular flexibility index (Phi) is 12.6. The molecule has 158 valence electrons. The van der Waals surface area contributed by atoms with Gasteiger partial charge in [0.1, 0.15) is 0 Å². The van der Waals surface area contributed by atoms with E-state index >= 15 is 0 Å². The van der Waals surface area contributed by atoms with E-state index in [4.69, 9.17) is 27.5 Å². The van der Waals surface area contributed by atoms with E-state index in [9.17, 15) is 19.5 Å². The third-order valence-corrected chi connectivity index (χ3v) is 4.13. The zero-order valence-electron chi connectivity index (χ0n) is 16.1. The van der Waals surface area contributed by atoms with E-state index in [2.05, 4.69) is 24.1 Å². The Bertz CT molecular complexity index is 651. The van der Waals surface area contributed by atoms with Gasteiger partial charge in [0.15, 0.2) is 0 Å². The number of benzene rings is 1. The van der Waals surface area contributed by atoms with Crippen LogP contribution < -0.4 is 11.1 Å². The minimum Gasteiger partial charge on any atom is -0.481 e. The highest BCUT2D eigenvalue weighted by Crippen LogP contribution is 2.23. The number of amides is 1. The van der Waals surface area contributed by atoms with Gasteiger partial charge in [0.2, 0.25) is 0 Å². The molecule has 1 aromatic rings. The molecule has 6 N–H and O–H groups in total. The van der Waals surface area contributed by atoms with Crippen LogP contribution in [0.2, 0.25) is 5.02 Å². The highest BCUT2D eigenvalue weighted by Gasteiger charge is 2.13. The van der Waals surface area contributed by atoms with Crippen LogP contribution in [-0.2, 0) is 16.2 Å². The molecule has 9 nitrogen and oxygen atoms in total. The van der Waals surface area contributed by atoms with E-state index in [1.165, 1.54) is 12.1 Å². The minimum absolute atomic E-state index is 0.247. The van der Waals surface area contributed by atoms with Crippen molar-refractivity contribution in [3.8, 4) is 0 Å². The van der Waals surface area contributed by atoms with Crippen molar-refractivity contribution < 1.29 is 29.7 Å². The fraction of sp³-hybridized carbons (Fsp3) is 0.500. The molecule has 0 radical (unpaired) electrons. The number of carbonyl (C=O) groups is 3. The SMILES string of the molecule is CCN(CC)CCNC(=O)c1cc(Cl)c(N)cc1CO.O=C(O)CCC(=O)O. The van der Waals surface area contributed by atoms with Gasteiger partial charge in [-0.05, 0) is 30.8 Å². The highest BCUT2D eigenvalue weighted by molar-refractivity contribution is 6.33. The molecule has 0 aliphatic rings. The van der Waals surface area contributed by atoms with Crippen LogP contribution in [-0.4, -0.2) is 64.2 Å². The highest BCUT2D eigenvalue weighted by atomic mass is 35.5. The van der Waals surface area contributed by atoms with Crippen LogP contribution in [0.3, 0.4) is 0 Å². The number of nitrogens with one attached hydrogen (secondary N) is 1. The van der Waals surface area contributed by atoms with Gasteiger partial charge in [0.05, 0.1) is 30.2 Å². The van der Waals surface area contributed by atoms with Gasteiger partial charge < -0.3 is 31.3 Å². The van der Waals surface area contributed by atoms with Crippen molar-refractivity contribution >= 4 is 35.1 Å². The average Bonchev–Trinajstić information content (AvgIpc) is 2.65. The number of aliphatic carboxylic acids is 2. The van der Waals surface area contributed by atoms with Crippen molar-refractivity contribution in [3.05, 3.63) is 28.3 Å². The van der Waals surface area contributed by atoms with Crippen molar-refractivity contribution in [2.24, 2.45) is 0 Å². The molecule has 0 unspecified atom stereocenters. The second-order valence-electron chi connectivity index (χ2n) is 5.76. The summed E-state index contributed by atoms with van der Waals surface area (Å²) in [6.07, 6.45) is -0.593. The summed E-state index contributed by atoms with van der Waals surface area (Å²) in [6.45, 7) is 7.14. The van der Waals surface area contributed by atoms with Crippen LogP contribution in [0.4, 0.5) is 5.69 Å². The maximum Gasteiger partial charge on any atom is 0.303 e. The first-order valence-corrected chi connectivity index (χ1v) is 9.16. The van der Waals surface area contributed by atoms with Crippen LogP contribution in [0.25, 0.3) is 0 Å². The van der Waals surface area contributed by atoms with Gasteiger partial charge in [0.25, 0.3) is 5.91 Å². The van der Waals surface area contributed by atoms with Crippen molar-refractivity contribution in [2.45, 2.75) is 33.3 Å². The number of anilines is 1. The molecule has 0 aliphatic carbocycles. The number of carbonyl (C=O) groups excluding carboxylic acids is 1. The first-order valence-electron chi connectivity index (χ1n) is 8.79. The smallest absolute Gasteiger partial charge is 0.303 e. The lowest BCUT2D eigenvalue weighted by Gasteiger charge is -2.18. The van der Waals surface area contributed by atoms with Gasteiger partial charge in [-0.3, -0.25) is 14.4 Å². The number of hydrogen-bond acceptors (Lipinski definition) is 6. The number of rotatable bonds is 10. The van der Waals surface area contributed by atoms with E-state index in [0.29, 0.717) is 28.4 Å². The molecule has 0 aromatic heterocycles. The summed E-state index contributed by atoms with van der Waals surface area (Å²) in [5.74, 6) is -2.40. The largest absolute Gasteiger partial charge is 0.481 e. The number of nitrogens with two attached hydrogens (primary N) is 1. The number of nitrogen functional groups attached to an aromatic ring is 1. The number of carboxylic acid groups (broad SMARTS) is 2. The zero-order chi connectivity index (χ0) is 21.7. The number of aliphatic hydroxyl groups is 1. The van der Waals surface area contributed by atoms with Crippen molar-refractivity contribution in [2.75, 3.05) is 31.9 Å². The summed E-state index contributed by atoms with van der Waals surface area (Å²) in [6, 6.07) is 3.02. The van der Waals surface area contributed by atoms with E-state index in [1.807, 2.05) is 0 Å². The van der Waals surface area contributed by atoms with E-state index in [0.717, 1.165) is 19.6 Å². The maximum absolute atomic E-state index is 12.1. The van der Waals surface area contributed by atoms with Gasteiger partial charge in [-0.25, -0.2) is 0 Å². The Morgan fingerprint density at radius 3 is 2.07 bits per heavy atom. The fourth-order valence-electron chi connectivity index (χ4n) is 2.16. The standard InChI is InChI=1S/C14H22ClN3O2.C4H6O4/c1-3-18(4-2)6-5-17-14(20)11-8-12(15)13(16)7-10(11)9-19;5-3(6)1-2-4(7)8/h7-8,19H,3-6,9,16H2,1-2H3,(H,17,20);1-2H2,(H,5,6)(H,7,8). The van der Waals surface area contributed by atoms with E-state index in [-0.39, 0.29) is 25.4 Å². The van der Waals surface area contributed by atoms with Crippen LogP contribution >= 0.6 is 11.6 Å². The molecular formula is C18H28ClN3O6. The summed E-state index contributed by atoms with van der Waals surface area (Å²) in [5.41, 5.74) is 6.86. The number of nitrogens with zero attached hydrogens (tertiary/aromatic N) is 1. The molecule has 0 atom stereocenters. The lowest BCUT2D eigenvalue weighted by molar-refractivity contribution is -0.143. The molecule has 0 heterocycles. The molecule has 1 aromatic carbocycles. The third kappa shape index (κ3) is 10.1. The van der Waals surface area contributed by atoms with Crippen molar-refractivity contribution in [3.63, 3.8) is 0 Å². The molecule has 28 heavy (non-hydrogen) atoms. The quantitative estimate of drug-likeness (QED) is 0.358. The number of likely N-dealkylation sites (N-methyl/N-ethyl adjacent to an activating group) is 1. The second kappa shape index (κ2) is 13.8. The summed E-state index contributed by atoms with van der Waals surface area (Å²) in [5, 5.41) is 28.2. The Morgan fingerprint density at radius 1 is 1.11 bits per heavy atom. The third-order valence-electron chi connectivity index (χ3n) is 3.80. The Labute approximate surface area is 169 Å². The van der Waals surface area contributed by atoms with Gasteiger partial charge in [0, 0.05) is 18.7 Å². The monoisotopic (exact) mass is 417 g/mol. The Balaban J connectivity index is 0.000000769. The second-order valence-corrected chi connectivity index (χ2v) is 6.17. The number of aliphatic hydroxyl groups excluding tert-OH is 1. The van der Waals surface area contributed by atoms with E-state index < -0.39 is 11.9 Å². The fourth-order valence-corrected chi connectivity index (χ4v) is 2.32. The summed E-state index contributed by atoms with van der Waals surface area (Å²) >= 11 is 5.92. The Hall–Kier alpha value is -2.36. The summed E-state index contributed by atoms with van der Waals surface area (Å²) < 4.78 is 0. The van der Waals surface area contributed by atoms with Gasteiger partial charge in [-0.15, -0.1) is 0 Å². The first kappa shape index (κ1) is 25.6. The van der Waals surface area contributed by atoms with Gasteiger partial charge >= 0.3 is 11.9 Å². The molecule has 0 bridgehead atoms. The maximum atomic E-state index is 12.1. The van der Waals surface area contributed by atoms with Crippen LogP contribution in [0, 0.1) is 0 Å². The molecule has 1 rings (SSSR count). The number of carboxylic acids is 2. The van der Waals surface area contributed by atoms with Crippen molar-refractivity contribution in [1.82, 2.24) is 10.2 Å². The molecule has 0 spiro atoms. The molecular weight excluding hydrogens is 390 g/mol. The number of hydrogen-bond donors (Lipinski definition) is 5. The summed E-state index contributed by atoms with van der Waals surface area (Å²) in [7, 11) is 0.